The zero-order chi connectivity index (χ0) is 21.3. The predicted octanol–water partition coefficient (Wildman–Crippen LogP) is 3.23. The van der Waals surface area contributed by atoms with Gasteiger partial charge < -0.3 is 15.2 Å². The van der Waals surface area contributed by atoms with Crippen LogP contribution in [0.4, 0.5) is 5.69 Å². The maximum atomic E-state index is 12.4. The lowest BCUT2D eigenvalue weighted by molar-refractivity contribution is -0.113. The molecule has 1 aromatic carbocycles. The lowest BCUT2D eigenvalue weighted by atomic mass is 10.2. The third-order valence-corrected chi connectivity index (χ3v) is 5.15. The predicted molar refractivity (Wildman–Crippen MR) is 117 cm³/mol. The highest BCUT2D eigenvalue weighted by atomic mass is 32.2. The fraction of sp³-hybridized carbons (Fsp3) is 0.286. The molecule has 3 rings (SSSR count). The van der Waals surface area contributed by atoms with Gasteiger partial charge >= 0.3 is 0 Å². The summed E-state index contributed by atoms with van der Waals surface area (Å²) in [5.74, 6) is 0.601. The molecule has 0 aliphatic heterocycles. The largest absolute Gasteiger partial charge is 0.352 e. The van der Waals surface area contributed by atoms with Gasteiger partial charge in [0.05, 0.1) is 5.75 Å². The number of anilines is 1. The SMILES string of the molecule is CCCn1c(SCC(=O)Nc2cccc(C(=O)NCC)c2)nnc1-c1ccncc1. The number of aromatic nitrogens is 4. The van der Waals surface area contributed by atoms with E-state index < -0.39 is 0 Å². The third-order valence-electron chi connectivity index (χ3n) is 4.18. The minimum atomic E-state index is -0.176. The minimum Gasteiger partial charge on any atom is -0.352 e. The average molecular weight is 425 g/mol. The summed E-state index contributed by atoms with van der Waals surface area (Å²) in [6, 6.07) is 10.6. The molecule has 2 heterocycles. The van der Waals surface area contributed by atoms with Crippen molar-refractivity contribution >= 4 is 29.3 Å². The third kappa shape index (κ3) is 5.44. The van der Waals surface area contributed by atoms with Crippen LogP contribution in [0.3, 0.4) is 0 Å². The van der Waals surface area contributed by atoms with Crippen LogP contribution in [0, 0.1) is 0 Å². The zero-order valence-electron chi connectivity index (χ0n) is 17.0. The summed E-state index contributed by atoms with van der Waals surface area (Å²) < 4.78 is 2.02. The molecule has 30 heavy (non-hydrogen) atoms. The Morgan fingerprint density at radius 1 is 1.10 bits per heavy atom. The lowest BCUT2D eigenvalue weighted by Crippen LogP contribution is -2.23. The second-order valence-corrected chi connectivity index (χ2v) is 7.41. The molecule has 0 radical (unpaired) electrons. The number of carbonyl (C=O) groups excluding carboxylic acids is 2. The minimum absolute atomic E-state index is 0.167. The molecule has 2 aromatic heterocycles. The van der Waals surface area contributed by atoms with E-state index in [9.17, 15) is 9.59 Å². The van der Waals surface area contributed by atoms with E-state index in [4.69, 9.17) is 0 Å². The zero-order valence-corrected chi connectivity index (χ0v) is 17.8. The molecule has 156 valence electrons. The van der Waals surface area contributed by atoms with Gasteiger partial charge in [-0.3, -0.25) is 14.6 Å². The fourth-order valence-electron chi connectivity index (χ4n) is 2.86. The second-order valence-electron chi connectivity index (χ2n) is 6.47. The molecule has 0 atom stereocenters. The van der Waals surface area contributed by atoms with Gasteiger partial charge in [-0.2, -0.15) is 0 Å². The van der Waals surface area contributed by atoms with E-state index in [1.165, 1.54) is 11.8 Å². The molecule has 0 aliphatic rings. The normalized spacial score (nSPS) is 10.6. The number of benzene rings is 1. The molecule has 0 saturated carbocycles. The highest BCUT2D eigenvalue weighted by molar-refractivity contribution is 7.99. The van der Waals surface area contributed by atoms with Crippen molar-refractivity contribution in [2.45, 2.75) is 32.0 Å². The number of nitrogens with zero attached hydrogens (tertiary/aromatic N) is 4. The number of thioether (sulfide) groups is 1. The number of carbonyl (C=O) groups is 2. The van der Waals surface area contributed by atoms with Crippen LogP contribution < -0.4 is 10.6 Å². The monoisotopic (exact) mass is 424 g/mol. The van der Waals surface area contributed by atoms with Gasteiger partial charge in [-0.15, -0.1) is 10.2 Å². The Morgan fingerprint density at radius 3 is 2.63 bits per heavy atom. The van der Waals surface area contributed by atoms with Gasteiger partial charge in [0.15, 0.2) is 11.0 Å². The fourth-order valence-corrected chi connectivity index (χ4v) is 3.63. The molecule has 0 bridgehead atoms. The van der Waals surface area contributed by atoms with Crippen LogP contribution in [0.2, 0.25) is 0 Å². The van der Waals surface area contributed by atoms with Crippen LogP contribution in [0.1, 0.15) is 30.6 Å². The summed E-state index contributed by atoms with van der Waals surface area (Å²) in [4.78, 5) is 28.4. The maximum Gasteiger partial charge on any atom is 0.251 e. The van der Waals surface area contributed by atoms with E-state index in [-0.39, 0.29) is 17.6 Å². The highest BCUT2D eigenvalue weighted by Gasteiger charge is 2.15. The Morgan fingerprint density at radius 2 is 1.90 bits per heavy atom. The summed E-state index contributed by atoms with van der Waals surface area (Å²) in [6.45, 7) is 5.24. The molecule has 0 fully saturated rings. The molecule has 0 saturated heterocycles. The smallest absolute Gasteiger partial charge is 0.251 e. The van der Waals surface area contributed by atoms with Crippen LogP contribution in [0.15, 0.2) is 53.9 Å². The Bertz CT molecular complexity index is 1010. The number of amides is 2. The van der Waals surface area contributed by atoms with E-state index in [1.54, 1.807) is 36.7 Å². The Kier molecular flexibility index (Phi) is 7.56. The second kappa shape index (κ2) is 10.5. The molecule has 0 unspecified atom stereocenters. The number of hydrogen-bond donors (Lipinski definition) is 2. The first-order valence-electron chi connectivity index (χ1n) is 9.76. The van der Waals surface area contributed by atoms with E-state index in [0.29, 0.717) is 23.0 Å². The first-order valence-corrected chi connectivity index (χ1v) is 10.8. The maximum absolute atomic E-state index is 12.4. The first-order chi connectivity index (χ1) is 14.6. The standard InChI is InChI=1S/C21H24N6O2S/c1-3-12-27-19(15-8-10-22-11-9-15)25-26-21(27)30-14-18(28)24-17-7-5-6-16(13-17)20(29)23-4-2/h5-11,13H,3-4,12,14H2,1-2H3,(H,23,29)(H,24,28). The summed E-state index contributed by atoms with van der Waals surface area (Å²) in [6.07, 6.45) is 4.35. The van der Waals surface area contributed by atoms with Crippen molar-refractivity contribution in [1.29, 1.82) is 0 Å². The molecular weight excluding hydrogens is 400 g/mol. The van der Waals surface area contributed by atoms with Crippen molar-refractivity contribution in [3.05, 3.63) is 54.4 Å². The Balaban J connectivity index is 1.66. The molecule has 2 N–H and O–H groups in total. The molecule has 9 heteroatoms. The van der Waals surface area contributed by atoms with Crippen LogP contribution in [-0.4, -0.2) is 43.9 Å². The number of hydrogen-bond acceptors (Lipinski definition) is 6. The van der Waals surface area contributed by atoms with Gasteiger partial charge in [-0.1, -0.05) is 24.8 Å². The molecular formula is C21H24N6O2S. The summed E-state index contributed by atoms with van der Waals surface area (Å²) in [7, 11) is 0. The van der Waals surface area contributed by atoms with Crippen LogP contribution in [0.5, 0.6) is 0 Å². The Labute approximate surface area is 179 Å². The average Bonchev–Trinajstić information content (AvgIpc) is 3.16. The van der Waals surface area contributed by atoms with Gasteiger partial charge in [-0.25, -0.2) is 0 Å². The van der Waals surface area contributed by atoms with Gasteiger partial charge in [-0.05, 0) is 43.7 Å². The van der Waals surface area contributed by atoms with Crippen LogP contribution in [0.25, 0.3) is 11.4 Å². The molecule has 8 nitrogen and oxygen atoms in total. The van der Waals surface area contributed by atoms with E-state index >= 15 is 0 Å². The highest BCUT2D eigenvalue weighted by Crippen LogP contribution is 2.24. The first kappa shape index (κ1) is 21.5. The van der Waals surface area contributed by atoms with Gasteiger partial charge in [0.2, 0.25) is 5.91 Å². The number of nitrogens with one attached hydrogen (secondary N) is 2. The van der Waals surface area contributed by atoms with Crippen molar-refractivity contribution in [2.24, 2.45) is 0 Å². The molecule has 3 aromatic rings. The topological polar surface area (TPSA) is 102 Å². The van der Waals surface area contributed by atoms with Gasteiger partial charge in [0.1, 0.15) is 0 Å². The van der Waals surface area contributed by atoms with E-state index in [1.807, 2.05) is 23.6 Å². The van der Waals surface area contributed by atoms with E-state index in [0.717, 1.165) is 24.4 Å². The van der Waals surface area contributed by atoms with Crippen molar-refractivity contribution in [1.82, 2.24) is 25.1 Å². The van der Waals surface area contributed by atoms with E-state index in [2.05, 4.69) is 32.7 Å². The number of rotatable bonds is 9. The molecule has 2 amide bonds. The quantitative estimate of drug-likeness (QED) is 0.512. The van der Waals surface area contributed by atoms with Crippen molar-refractivity contribution in [3.8, 4) is 11.4 Å². The van der Waals surface area contributed by atoms with Crippen molar-refractivity contribution in [3.63, 3.8) is 0 Å². The number of pyridine rings is 1. The molecule has 0 spiro atoms. The summed E-state index contributed by atoms with van der Waals surface area (Å²) >= 11 is 1.33. The molecule has 0 aliphatic carbocycles. The van der Waals surface area contributed by atoms with Gasteiger partial charge in [0, 0.05) is 42.3 Å². The Hall–Kier alpha value is -3.20. The van der Waals surface area contributed by atoms with Crippen LogP contribution >= 0.6 is 11.8 Å². The summed E-state index contributed by atoms with van der Waals surface area (Å²) in [5.41, 5.74) is 2.02. The summed E-state index contributed by atoms with van der Waals surface area (Å²) in [5, 5.41) is 14.8. The van der Waals surface area contributed by atoms with Crippen molar-refractivity contribution < 1.29 is 9.59 Å². The van der Waals surface area contributed by atoms with Crippen molar-refractivity contribution in [2.75, 3.05) is 17.6 Å². The van der Waals surface area contributed by atoms with Gasteiger partial charge in [0.25, 0.3) is 5.91 Å². The van der Waals surface area contributed by atoms with Crippen LogP contribution in [-0.2, 0) is 11.3 Å². The lowest BCUT2D eigenvalue weighted by Gasteiger charge is -2.09.